The van der Waals surface area contributed by atoms with Gasteiger partial charge >= 0.3 is 0 Å². The fourth-order valence-electron chi connectivity index (χ4n) is 1.33. The highest BCUT2D eigenvalue weighted by Crippen LogP contribution is 2.18. The van der Waals surface area contributed by atoms with E-state index in [1.54, 1.807) is 6.20 Å². The van der Waals surface area contributed by atoms with Crippen molar-refractivity contribution in [3.05, 3.63) is 18.3 Å². The van der Waals surface area contributed by atoms with Crippen LogP contribution in [0.25, 0.3) is 0 Å². The van der Waals surface area contributed by atoms with Crippen LogP contribution in [0.15, 0.2) is 18.3 Å². The average Bonchev–Trinajstić information content (AvgIpc) is 2.28. The van der Waals surface area contributed by atoms with Crippen LogP contribution >= 0.6 is 0 Å². The van der Waals surface area contributed by atoms with E-state index in [9.17, 15) is 5.11 Å². The lowest BCUT2D eigenvalue weighted by atomic mass is 9.97. The summed E-state index contributed by atoms with van der Waals surface area (Å²) < 4.78 is 0. The third kappa shape index (κ3) is 3.09. The molecule has 0 unspecified atom stereocenters. The SMILES string of the molecule is CCC(O)(CC)CNc1cccnc1N. The maximum absolute atomic E-state index is 10.1. The number of hydrogen-bond acceptors (Lipinski definition) is 4. The minimum absolute atomic E-state index is 0.465. The van der Waals surface area contributed by atoms with Gasteiger partial charge in [-0.3, -0.25) is 0 Å². The zero-order valence-electron chi connectivity index (χ0n) is 9.33. The third-order valence-corrected chi connectivity index (χ3v) is 2.76. The molecular weight excluding hydrogens is 190 g/mol. The van der Waals surface area contributed by atoms with Gasteiger partial charge in [0.2, 0.25) is 0 Å². The second kappa shape index (κ2) is 4.98. The van der Waals surface area contributed by atoms with E-state index >= 15 is 0 Å². The van der Waals surface area contributed by atoms with Crippen LogP contribution in [0.3, 0.4) is 0 Å². The molecule has 1 rings (SSSR count). The smallest absolute Gasteiger partial charge is 0.146 e. The quantitative estimate of drug-likeness (QED) is 0.689. The van der Waals surface area contributed by atoms with E-state index in [4.69, 9.17) is 5.73 Å². The van der Waals surface area contributed by atoms with Crippen LogP contribution in [0.4, 0.5) is 11.5 Å². The van der Waals surface area contributed by atoms with Gasteiger partial charge in [0.25, 0.3) is 0 Å². The van der Waals surface area contributed by atoms with Crippen molar-refractivity contribution in [2.75, 3.05) is 17.6 Å². The normalized spacial score (nSPS) is 11.4. The van der Waals surface area contributed by atoms with Crippen molar-refractivity contribution in [2.45, 2.75) is 32.3 Å². The number of aliphatic hydroxyl groups is 1. The topological polar surface area (TPSA) is 71.2 Å². The Bertz CT molecular complexity index is 310. The molecular formula is C11H19N3O. The average molecular weight is 209 g/mol. The van der Waals surface area contributed by atoms with E-state index in [0.29, 0.717) is 12.4 Å². The van der Waals surface area contributed by atoms with Crippen LogP contribution in [-0.2, 0) is 0 Å². The Morgan fingerprint density at radius 3 is 2.67 bits per heavy atom. The summed E-state index contributed by atoms with van der Waals surface area (Å²) in [6.07, 6.45) is 3.08. The predicted molar refractivity (Wildman–Crippen MR) is 62.7 cm³/mol. The second-order valence-corrected chi connectivity index (χ2v) is 3.72. The van der Waals surface area contributed by atoms with Crippen LogP contribution in [0, 0.1) is 0 Å². The molecule has 0 aromatic carbocycles. The van der Waals surface area contributed by atoms with Gasteiger partial charge in [-0.05, 0) is 25.0 Å². The number of nitrogen functional groups attached to an aromatic ring is 1. The van der Waals surface area contributed by atoms with E-state index in [-0.39, 0.29) is 0 Å². The van der Waals surface area contributed by atoms with Gasteiger partial charge in [0.15, 0.2) is 0 Å². The standard InChI is InChI=1S/C11H19N3O/c1-3-11(15,4-2)8-14-9-6-5-7-13-10(9)12/h5-7,14-15H,3-4,8H2,1-2H3,(H2,12,13). The number of nitrogens with zero attached hydrogens (tertiary/aromatic N) is 1. The van der Waals surface area contributed by atoms with Crippen molar-refractivity contribution in [2.24, 2.45) is 0 Å². The molecule has 4 N–H and O–H groups in total. The Balaban J connectivity index is 2.61. The summed E-state index contributed by atoms with van der Waals surface area (Å²) in [4.78, 5) is 3.97. The molecule has 0 atom stereocenters. The molecule has 0 spiro atoms. The van der Waals surface area contributed by atoms with Crippen LogP contribution in [0.1, 0.15) is 26.7 Å². The van der Waals surface area contributed by atoms with E-state index in [2.05, 4.69) is 10.3 Å². The van der Waals surface area contributed by atoms with Gasteiger partial charge in [0, 0.05) is 12.7 Å². The van der Waals surface area contributed by atoms with Gasteiger partial charge < -0.3 is 16.2 Å². The number of nitrogens with two attached hydrogens (primary N) is 1. The van der Waals surface area contributed by atoms with Crippen LogP contribution in [-0.4, -0.2) is 22.2 Å². The molecule has 0 aliphatic heterocycles. The summed E-state index contributed by atoms with van der Waals surface area (Å²) >= 11 is 0. The van der Waals surface area contributed by atoms with Crippen LogP contribution < -0.4 is 11.1 Å². The van der Waals surface area contributed by atoms with Gasteiger partial charge in [0.05, 0.1) is 11.3 Å². The molecule has 0 aliphatic carbocycles. The minimum atomic E-state index is -0.664. The van der Waals surface area contributed by atoms with Crippen molar-refractivity contribution < 1.29 is 5.11 Å². The highest BCUT2D eigenvalue weighted by Gasteiger charge is 2.21. The van der Waals surface area contributed by atoms with E-state index < -0.39 is 5.60 Å². The van der Waals surface area contributed by atoms with E-state index in [0.717, 1.165) is 18.5 Å². The lowest BCUT2D eigenvalue weighted by Crippen LogP contribution is -2.35. The summed E-state index contributed by atoms with van der Waals surface area (Å²) in [6, 6.07) is 3.67. The molecule has 0 aliphatic rings. The Labute approximate surface area is 90.5 Å². The van der Waals surface area contributed by atoms with E-state index in [1.807, 2.05) is 26.0 Å². The van der Waals surface area contributed by atoms with Gasteiger partial charge in [-0.2, -0.15) is 0 Å². The maximum Gasteiger partial charge on any atom is 0.146 e. The Morgan fingerprint density at radius 2 is 2.13 bits per heavy atom. The van der Waals surface area contributed by atoms with Crippen molar-refractivity contribution in [1.29, 1.82) is 0 Å². The molecule has 0 radical (unpaired) electrons. The van der Waals surface area contributed by atoms with Crippen LogP contribution in [0.2, 0.25) is 0 Å². The highest BCUT2D eigenvalue weighted by molar-refractivity contribution is 5.60. The Hall–Kier alpha value is -1.29. The van der Waals surface area contributed by atoms with Crippen molar-refractivity contribution in [3.8, 4) is 0 Å². The zero-order chi connectivity index (χ0) is 11.3. The van der Waals surface area contributed by atoms with E-state index in [1.165, 1.54) is 0 Å². The Kier molecular flexibility index (Phi) is 3.91. The molecule has 1 aromatic heterocycles. The predicted octanol–water partition coefficient (Wildman–Crippen LogP) is 1.63. The number of rotatable bonds is 5. The van der Waals surface area contributed by atoms with Crippen molar-refractivity contribution in [3.63, 3.8) is 0 Å². The second-order valence-electron chi connectivity index (χ2n) is 3.72. The van der Waals surface area contributed by atoms with Gasteiger partial charge in [-0.1, -0.05) is 13.8 Å². The summed E-state index contributed by atoms with van der Waals surface area (Å²) in [6.45, 7) is 4.44. The first-order chi connectivity index (χ1) is 7.11. The number of aromatic nitrogens is 1. The molecule has 0 saturated heterocycles. The summed E-state index contributed by atoms with van der Waals surface area (Å²) in [5, 5.41) is 13.2. The minimum Gasteiger partial charge on any atom is -0.388 e. The van der Waals surface area contributed by atoms with Crippen molar-refractivity contribution in [1.82, 2.24) is 4.98 Å². The molecule has 0 fully saturated rings. The maximum atomic E-state index is 10.1. The molecule has 0 saturated carbocycles. The largest absolute Gasteiger partial charge is 0.388 e. The molecule has 84 valence electrons. The monoisotopic (exact) mass is 209 g/mol. The first-order valence-electron chi connectivity index (χ1n) is 5.28. The fraction of sp³-hybridized carbons (Fsp3) is 0.545. The lowest BCUT2D eigenvalue weighted by molar-refractivity contribution is 0.0457. The van der Waals surface area contributed by atoms with Crippen molar-refractivity contribution >= 4 is 11.5 Å². The number of hydrogen-bond donors (Lipinski definition) is 3. The summed E-state index contributed by atoms with van der Waals surface area (Å²) in [5.41, 5.74) is 5.79. The first-order valence-corrected chi connectivity index (χ1v) is 5.28. The third-order valence-electron chi connectivity index (χ3n) is 2.76. The molecule has 4 nitrogen and oxygen atoms in total. The number of pyridine rings is 1. The summed E-state index contributed by atoms with van der Waals surface area (Å²) in [5.74, 6) is 0.465. The molecule has 0 amide bonds. The number of nitrogens with one attached hydrogen (secondary N) is 1. The lowest BCUT2D eigenvalue weighted by Gasteiger charge is -2.26. The fourth-order valence-corrected chi connectivity index (χ4v) is 1.33. The molecule has 4 heteroatoms. The highest BCUT2D eigenvalue weighted by atomic mass is 16.3. The van der Waals surface area contributed by atoms with Crippen LogP contribution in [0.5, 0.6) is 0 Å². The molecule has 1 aromatic rings. The van der Waals surface area contributed by atoms with Gasteiger partial charge in [0.1, 0.15) is 5.82 Å². The number of anilines is 2. The Morgan fingerprint density at radius 1 is 1.47 bits per heavy atom. The molecule has 1 heterocycles. The van der Waals surface area contributed by atoms with Gasteiger partial charge in [-0.15, -0.1) is 0 Å². The first kappa shape index (κ1) is 11.8. The van der Waals surface area contributed by atoms with Gasteiger partial charge in [-0.25, -0.2) is 4.98 Å². The zero-order valence-corrected chi connectivity index (χ0v) is 9.33. The summed E-state index contributed by atoms with van der Waals surface area (Å²) in [7, 11) is 0. The molecule has 0 bridgehead atoms. The molecule has 15 heavy (non-hydrogen) atoms.